The fourth-order valence-electron chi connectivity index (χ4n) is 2.57. The van der Waals surface area contributed by atoms with Gasteiger partial charge in [-0.15, -0.1) is 0 Å². The van der Waals surface area contributed by atoms with Crippen molar-refractivity contribution in [2.45, 2.75) is 6.92 Å². The van der Waals surface area contributed by atoms with Crippen LogP contribution in [0.15, 0.2) is 47.4 Å². The number of imide groups is 1. The first-order chi connectivity index (χ1) is 13.4. The molecule has 1 heterocycles. The number of carboxylic acids is 1. The quantitative estimate of drug-likeness (QED) is 0.740. The van der Waals surface area contributed by atoms with Crippen molar-refractivity contribution < 1.29 is 29.0 Å². The number of hydrogen-bond donors (Lipinski definition) is 1. The van der Waals surface area contributed by atoms with Gasteiger partial charge in [-0.25, -0.2) is 9.69 Å². The Labute approximate surface area is 165 Å². The number of aryl methyl sites for hydroxylation is 1. The van der Waals surface area contributed by atoms with E-state index in [1.807, 2.05) is 19.1 Å². The smallest absolute Gasteiger partial charge is 0.341 e. The molecule has 1 fully saturated rings. The van der Waals surface area contributed by atoms with Crippen molar-refractivity contribution in [1.29, 1.82) is 0 Å². The second-order valence-electron chi connectivity index (χ2n) is 5.95. The third-order valence-electron chi connectivity index (χ3n) is 3.92. The largest absolute Gasteiger partial charge is 0.493 e. The van der Waals surface area contributed by atoms with Gasteiger partial charge in [-0.3, -0.25) is 9.59 Å². The highest BCUT2D eigenvalue weighted by molar-refractivity contribution is 8.19. The maximum Gasteiger partial charge on any atom is 0.341 e. The molecule has 7 nitrogen and oxygen atoms in total. The normalized spacial score (nSPS) is 15.2. The highest BCUT2D eigenvalue weighted by Gasteiger charge is 2.36. The molecule has 28 heavy (non-hydrogen) atoms. The summed E-state index contributed by atoms with van der Waals surface area (Å²) < 4.78 is 10.4. The van der Waals surface area contributed by atoms with Crippen LogP contribution >= 0.6 is 11.8 Å². The number of rotatable bonds is 6. The van der Waals surface area contributed by atoms with Gasteiger partial charge in [0.25, 0.3) is 11.1 Å². The number of carbonyl (C=O) groups is 3. The fourth-order valence-corrected chi connectivity index (χ4v) is 3.41. The minimum absolute atomic E-state index is 0.273. The Morgan fingerprint density at radius 1 is 1.14 bits per heavy atom. The maximum atomic E-state index is 12.7. The van der Waals surface area contributed by atoms with Crippen LogP contribution in [0.3, 0.4) is 0 Å². The molecule has 2 aromatic carbocycles. The molecule has 0 spiro atoms. The number of methoxy groups -OCH3 is 1. The van der Waals surface area contributed by atoms with E-state index >= 15 is 0 Å². The van der Waals surface area contributed by atoms with Crippen molar-refractivity contribution >= 4 is 40.6 Å². The van der Waals surface area contributed by atoms with Gasteiger partial charge < -0.3 is 14.6 Å². The van der Waals surface area contributed by atoms with E-state index in [0.717, 1.165) is 22.2 Å². The summed E-state index contributed by atoms with van der Waals surface area (Å²) in [6, 6.07) is 11.9. The molecular weight excluding hydrogens is 382 g/mol. The Balaban J connectivity index is 1.85. The Morgan fingerprint density at radius 2 is 1.86 bits per heavy atom. The SMILES string of the molecule is COc1cc(C=C2SC(=O)N(c3ccc(C)cc3)C2=O)ccc1OCC(=O)O. The number of benzene rings is 2. The van der Waals surface area contributed by atoms with Crippen LogP contribution in [0.1, 0.15) is 11.1 Å². The van der Waals surface area contributed by atoms with Crippen LogP contribution in [0.2, 0.25) is 0 Å². The van der Waals surface area contributed by atoms with E-state index in [0.29, 0.717) is 17.0 Å². The van der Waals surface area contributed by atoms with Crippen LogP contribution < -0.4 is 14.4 Å². The molecule has 8 heteroatoms. The second-order valence-corrected chi connectivity index (χ2v) is 6.94. The molecule has 0 aliphatic carbocycles. The molecular formula is C20H17NO6S. The third-order valence-corrected chi connectivity index (χ3v) is 4.79. The summed E-state index contributed by atoms with van der Waals surface area (Å²) in [5, 5.41) is 8.35. The van der Waals surface area contributed by atoms with Crippen LogP contribution in [0.5, 0.6) is 11.5 Å². The molecule has 0 bridgehead atoms. The summed E-state index contributed by atoms with van der Waals surface area (Å²) in [6.45, 7) is 1.43. The molecule has 1 saturated heterocycles. The topological polar surface area (TPSA) is 93.1 Å². The Bertz CT molecular complexity index is 967. The molecule has 2 aromatic rings. The number of ether oxygens (including phenoxy) is 2. The molecule has 0 atom stereocenters. The number of amides is 2. The van der Waals surface area contributed by atoms with Gasteiger partial charge in [0.05, 0.1) is 17.7 Å². The molecule has 0 saturated carbocycles. The lowest BCUT2D eigenvalue weighted by atomic mass is 10.1. The van der Waals surface area contributed by atoms with Crippen LogP contribution in [0.25, 0.3) is 6.08 Å². The number of aliphatic carboxylic acids is 1. The Morgan fingerprint density at radius 3 is 2.50 bits per heavy atom. The summed E-state index contributed by atoms with van der Waals surface area (Å²) in [4.78, 5) is 37.1. The second kappa shape index (κ2) is 8.18. The number of thioether (sulfide) groups is 1. The van der Waals surface area contributed by atoms with Crippen molar-refractivity contribution in [2.24, 2.45) is 0 Å². The Kier molecular flexibility index (Phi) is 5.70. The monoisotopic (exact) mass is 399 g/mol. The van der Waals surface area contributed by atoms with Gasteiger partial charge in [0.2, 0.25) is 0 Å². The molecule has 0 aromatic heterocycles. The lowest BCUT2D eigenvalue weighted by Gasteiger charge is -2.12. The summed E-state index contributed by atoms with van der Waals surface area (Å²) in [6.07, 6.45) is 1.59. The van der Waals surface area contributed by atoms with Gasteiger partial charge in [0.15, 0.2) is 18.1 Å². The lowest BCUT2D eigenvalue weighted by Crippen LogP contribution is -2.27. The molecule has 3 rings (SSSR count). The van der Waals surface area contributed by atoms with Crippen molar-refractivity contribution in [3.63, 3.8) is 0 Å². The number of hydrogen-bond acceptors (Lipinski definition) is 6. The first-order valence-corrected chi connectivity index (χ1v) is 9.08. The zero-order valence-electron chi connectivity index (χ0n) is 15.2. The summed E-state index contributed by atoms with van der Waals surface area (Å²) in [7, 11) is 1.43. The molecule has 1 N–H and O–H groups in total. The number of anilines is 1. The van der Waals surface area contributed by atoms with Crippen LogP contribution in [-0.4, -0.2) is 35.9 Å². The number of carboxylic acid groups (broad SMARTS) is 1. The number of nitrogens with zero attached hydrogens (tertiary/aromatic N) is 1. The predicted octanol–water partition coefficient (Wildman–Crippen LogP) is 3.71. The molecule has 1 aliphatic rings. The van der Waals surface area contributed by atoms with Crippen LogP contribution in [0, 0.1) is 6.92 Å². The molecule has 0 radical (unpaired) electrons. The summed E-state index contributed by atoms with van der Waals surface area (Å²) >= 11 is 0.856. The van der Waals surface area contributed by atoms with E-state index < -0.39 is 18.5 Å². The molecule has 2 amide bonds. The van der Waals surface area contributed by atoms with Crippen LogP contribution in [0.4, 0.5) is 10.5 Å². The zero-order valence-corrected chi connectivity index (χ0v) is 16.0. The minimum atomic E-state index is -1.10. The first-order valence-electron chi connectivity index (χ1n) is 8.26. The highest BCUT2D eigenvalue weighted by Crippen LogP contribution is 2.37. The van der Waals surface area contributed by atoms with Gasteiger partial charge in [0, 0.05) is 0 Å². The van der Waals surface area contributed by atoms with Gasteiger partial charge in [-0.05, 0) is 54.6 Å². The first kappa shape index (κ1) is 19.5. The lowest BCUT2D eigenvalue weighted by molar-refractivity contribution is -0.139. The van der Waals surface area contributed by atoms with Gasteiger partial charge in [-0.2, -0.15) is 0 Å². The Hall–Kier alpha value is -3.26. The van der Waals surface area contributed by atoms with Gasteiger partial charge >= 0.3 is 5.97 Å². The predicted molar refractivity (Wildman–Crippen MR) is 106 cm³/mol. The van der Waals surface area contributed by atoms with E-state index in [2.05, 4.69) is 0 Å². The van der Waals surface area contributed by atoms with Crippen molar-refractivity contribution in [3.8, 4) is 11.5 Å². The maximum absolute atomic E-state index is 12.7. The van der Waals surface area contributed by atoms with Crippen molar-refractivity contribution in [3.05, 3.63) is 58.5 Å². The number of carbonyl (C=O) groups excluding carboxylic acids is 2. The molecule has 0 unspecified atom stereocenters. The highest BCUT2D eigenvalue weighted by atomic mass is 32.2. The van der Waals surface area contributed by atoms with Crippen molar-refractivity contribution in [2.75, 3.05) is 18.6 Å². The standard InChI is InChI=1S/C20H17NO6S/c1-12-3-6-14(7-4-12)21-19(24)17(28-20(21)25)10-13-5-8-15(16(9-13)26-2)27-11-18(22)23/h3-10H,11H2,1-2H3,(H,22,23). The van der Waals surface area contributed by atoms with Gasteiger partial charge in [-0.1, -0.05) is 23.8 Å². The van der Waals surface area contributed by atoms with E-state index in [9.17, 15) is 14.4 Å². The van der Waals surface area contributed by atoms with Crippen LogP contribution in [-0.2, 0) is 9.59 Å². The zero-order chi connectivity index (χ0) is 20.3. The van der Waals surface area contributed by atoms with Crippen molar-refractivity contribution in [1.82, 2.24) is 0 Å². The average molecular weight is 399 g/mol. The van der Waals surface area contributed by atoms with E-state index in [-0.39, 0.29) is 15.9 Å². The molecule has 144 valence electrons. The molecule has 1 aliphatic heterocycles. The summed E-state index contributed by atoms with van der Waals surface area (Å²) in [5.74, 6) is -0.900. The minimum Gasteiger partial charge on any atom is -0.493 e. The average Bonchev–Trinajstić information content (AvgIpc) is 2.94. The van der Waals surface area contributed by atoms with Gasteiger partial charge in [0.1, 0.15) is 0 Å². The third kappa shape index (κ3) is 4.17. The van der Waals surface area contributed by atoms with E-state index in [1.54, 1.807) is 36.4 Å². The summed E-state index contributed by atoms with van der Waals surface area (Å²) in [5.41, 5.74) is 2.17. The van der Waals surface area contributed by atoms with E-state index in [1.165, 1.54) is 7.11 Å². The fraction of sp³-hybridized carbons (Fsp3) is 0.150. The van der Waals surface area contributed by atoms with E-state index in [4.69, 9.17) is 14.6 Å².